The quantitative estimate of drug-likeness (QED) is 0.868. The van der Waals surface area contributed by atoms with E-state index < -0.39 is 0 Å². The highest BCUT2D eigenvalue weighted by molar-refractivity contribution is 5.53. The largest absolute Gasteiger partial charge is 0.381 e. The van der Waals surface area contributed by atoms with Gasteiger partial charge in [0.05, 0.1) is 6.61 Å². The Morgan fingerprint density at radius 3 is 2.90 bits per heavy atom. The number of nitrogens with two attached hydrogens (primary N) is 1. The molecular formula is C17H28N2O. The van der Waals surface area contributed by atoms with Crippen molar-refractivity contribution in [2.45, 2.75) is 38.6 Å². The molecule has 0 aromatic heterocycles. The summed E-state index contributed by atoms with van der Waals surface area (Å²) in [5.74, 6) is 0.654. The van der Waals surface area contributed by atoms with Crippen molar-refractivity contribution in [2.24, 2.45) is 11.7 Å². The van der Waals surface area contributed by atoms with E-state index in [1.807, 2.05) is 0 Å². The van der Waals surface area contributed by atoms with E-state index >= 15 is 0 Å². The molecule has 1 aromatic rings. The fraction of sp³-hybridized carbons (Fsp3) is 0.647. The van der Waals surface area contributed by atoms with Gasteiger partial charge in [0.2, 0.25) is 0 Å². The topological polar surface area (TPSA) is 38.5 Å². The number of ether oxygens (including phenoxy) is 1. The molecule has 0 radical (unpaired) electrons. The van der Waals surface area contributed by atoms with Crippen molar-refractivity contribution >= 4 is 5.69 Å². The van der Waals surface area contributed by atoms with Crippen LogP contribution in [0.25, 0.3) is 0 Å². The minimum absolute atomic E-state index is 0.252. The molecule has 2 unspecified atom stereocenters. The Morgan fingerprint density at radius 2 is 2.20 bits per heavy atom. The summed E-state index contributed by atoms with van der Waals surface area (Å²) < 4.78 is 5.58. The Morgan fingerprint density at radius 1 is 1.40 bits per heavy atom. The molecule has 1 aliphatic rings. The lowest BCUT2D eigenvalue weighted by Gasteiger charge is -2.30. The van der Waals surface area contributed by atoms with Gasteiger partial charge in [-0.1, -0.05) is 25.1 Å². The number of rotatable bonds is 6. The van der Waals surface area contributed by atoms with Crippen LogP contribution in [0.1, 0.15) is 31.7 Å². The van der Waals surface area contributed by atoms with Gasteiger partial charge in [-0.2, -0.15) is 0 Å². The zero-order chi connectivity index (χ0) is 14.4. The molecule has 0 amide bonds. The van der Waals surface area contributed by atoms with Gasteiger partial charge in [-0.25, -0.2) is 0 Å². The number of hydrogen-bond donors (Lipinski definition) is 1. The summed E-state index contributed by atoms with van der Waals surface area (Å²) in [7, 11) is 2.19. The Bertz CT molecular complexity index is 402. The monoisotopic (exact) mass is 276 g/mol. The van der Waals surface area contributed by atoms with Crippen molar-refractivity contribution in [3.63, 3.8) is 0 Å². The van der Waals surface area contributed by atoms with E-state index in [0.29, 0.717) is 5.92 Å². The molecule has 1 aliphatic heterocycles. The average Bonchev–Trinajstić information content (AvgIpc) is 2.48. The molecule has 3 nitrogen and oxygen atoms in total. The fourth-order valence-corrected chi connectivity index (χ4v) is 2.92. The molecule has 1 saturated heterocycles. The first-order chi connectivity index (χ1) is 9.70. The maximum atomic E-state index is 6.12. The van der Waals surface area contributed by atoms with Gasteiger partial charge in [-0.15, -0.1) is 0 Å². The van der Waals surface area contributed by atoms with E-state index in [1.165, 1.54) is 24.1 Å². The van der Waals surface area contributed by atoms with E-state index in [1.54, 1.807) is 0 Å². The lowest BCUT2D eigenvalue weighted by molar-refractivity contribution is 0.0576. The van der Waals surface area contributed by atoms with Gasteiger partial charge >= 0.3 is 0 Å². The van der Waals surface area contributed by atoms with E-state index in [0.717, 1.165) is 32.6 Å². The molecule has 1 fully saturated rings. The van der Waals surface area contributed by atoms with Crippen LogP contribution in [0.5, 0.6) is 0 Å². The SMILES string of the molecule is CCC(N)Cc1ccccc1N(C)CC1CCCOC1. The predicted octanol–water partition coefficient (Wildman–Crippen LogP) is 2.83. The van der Waals surface area contributed by atoms with Crippen LogP contribution < -0.4 is 10.6 Å². The third-order valence-corrected chi connectivity index (χ3v) is 4.20. The number of benzene rings is 1. The zero-order valence-corrected chi connectivity index (χ0v) is 12.8. The van der Waals surface area contributed by atoms with Gasteiger partial charge in [0, 0.05) is 31.9 Å². The lowest BCUT2D eigenvalue weighted by Crippen LogP contribution is -2.32. The van der Waals surface area contributed by atoms with Gasteiger partial charge < -0.3 is 15.4 Å². The summed E-state index contributed by atoms with van der Waals surface area (Å²) in [5.41, 5.74) is 8.80. The van der Waals surface area contributed by atoms with Crippen molar-refractivity contribution in [1.82, 2.24) is 0 Å². The highest BCUT2D eigenvalue weighted by atomic mass is 16.5. The number of nitrogens with zero attached hydrogens (tertiary/aromatic N) is 1. The van der Waals surface area contributed by atoms with Crippen LogP contribution in [0.2, 0.25) is 0 Å². The minimum Gasteiger partial charge on any atom is -0.381 e. The van der Waals surface area contributed by atoms with Crippen LogP contribution in [0.15, 0.2) is 24.3 Å². The molecule has 1 aromatic carbocycles. The molecule has 2 rings (SSSR count). The van der Waals surface area contributed by atoms with Crippen molar-refractivity contribution in [3.8, 4) is 0 Å². The lowest BCUT2D eigenvalue weighted by atomic mass is 9.99. The van der Waals surface area contributed by atoms with E-state index in [4.69, 9.17) is 10.5 Å². The normalized spacial score (nSPS) is 20.6. The maximum absolute atomic E-state index is 6.12. The van der Waals surface area contributed by atoms with Crippen LogP contribution in [0.3, 0.4) is 0 Å². The summed E-state index contributed by atoms with van der Waals surface area (Å²) in [6.07, 6.45) is 4.45. The Labute approximate surface area is 123 Å². The van der Waals surface area contributed by atoms with Crippen LogP contribution in [0, 0.1) is 5.92 Å². The van der Waals surface area contributed by atoms with Crippen LogP contribution in [-0.4, -0.2) is 32.8 Å². The van der Waals surface area contributed by atoms with Crippen molar-refractivity contribution in [3.05, 3.63) is 29.8 Å². The van der Waals surface area contributed by atoms with Crippen LogP contribution >= 0.6 is 0 Å². The predicted molar refractivity (Wildman–Crippen MR) is 85.2 cm³/mol. The fourth-order valence-electron chi connectivity index (χ4n) is 2.92. The molecule has 1 heterocycles. The van der Waals surface area contributed by atoms with Gasteiger partial charge in [0.15, 0.2) is 0 Å². The van der Waals surface area contributed by atoms with Crippen molar-refractivity contribution in [1.29, 1.82) is 0 Å². The van der Waals surface area contributed by atoms with Crippen LogP contribution in [0.4, 0.5) is 5.69 Å². The standard InChI is InChI=1S/C17H28N2O/c1-3-16(18)11-15-8-4-5-9-17(15)19(2)12-14-7-6-10-20-13-14/h4-5,8-9,14,16H,3,6-7,10-13,18H2,1-2H3. The molecule has 20 heavy (non-hydrogen) atoms. The zero-order valence-electron chi connectivity index (χ0n) is 12.8. The summed E-state index contributed by atoms with van der Waals surface area (Å²) in [6.45, 7) is 5.05. The van der Waals surface area contributed by atoms with Crippen LogP contribution in [-0.2, 0) is 11.2 Å². The van der Waals surface area contributed by atoms with Gasteiger partial charge in [-0.05, 0) is 43.2 Å². The Hall–Kier alpha value is -1.06. The average molecular weight is 276 g/mol. The third-order valence-electron chi connectivity index (χ3n) is 4.20. The maximum Gasteiger partial charge on any atom is 0.0511 e. The third kappa shape index (κ3) is 4.22. The molecule has 2 N–H and O–H groups in total. The first-order valence-electron chi connectivity index (χ1n) is 7.83. The second kappa shape index (κ2) is 7.65. The minimum atomic E-state index is 0.252. The van der Waals surface area contributed by atoms with E-state index in [-0.39, 0.29) is 6.04 Å². The summed E-state index contributed by atoms with van der Waals surface area (Å²) in [5, 5.41) is 0. The molecule has 3 heteroatoms. The molecule has 0 saturated carbocycles. The summed E-state index contributed by atoms with van der Waals surface area (Å²) in [6, 6.07) is 8.89. The Balaban J connectivity index is 2.02. The summed E-state index contributed by atoms with van der Waals surface area (Å²) in [4.78, 5) is 2.37. The molecule has 2 atom stereocenters. The van der Waals surface area contributed by atoms with E-state index in [2.05, 4.69) is 43.1 Å². The molecule has 112 valence electrons. The van der Waals surface area contributed by atoms with Gasteiger partial charge in [0.25, 0.3) is 0 Å². The van der Waals surface area contributed by atoms with Gasteiger partial charge in [-0.3, -0.25) is 0 Å². The first kappa shape index (κ1) is 15.3. The van der Waals surface area contributed by atoms with Crippen molar-refractivity contribution < 1.29 is 4.74 Å². The highest BCUT2D eigenvalue weighted by Crippen LogP contribution is 2.23. The second-order valence-electron chi connectivity index (χ2n) is 5.96. The Kier molecular flexibility index (Phi) is 5.86. The first-order valence-corrected chi connectivity index (χ1v) is 7.83. The second-order valence-corrected chi connectivity index (χ2v) is 5.96. The number of hydrogen-bond acceptors (Lipinski definition) is 3. The molecule has 0 spiro atoms. The van der Waals surface area contributed by atoms with E-state index in [9.17, 15) is 0 Å². The number of anilines is 1. The smallest absolute Gasteiger partial charge is 0.0511 e. The highest BCUT2D eigenvalue weighted by Gasteiger charge is 2.17. The van der Waals surface area contributed by atoms with Gasteiger partial charge in [0.1, 0.15) is 0 Å². The molecular weight excluding hydrogens is 248 g/mol. The molecule has 0 aliphatic carbocycles. The summed E-state index contributed by atoms with van der Waals surface area (Å²) >= 11 is 0. The van der Waals surface area contributed by atoms with Crippen molar-refractivity contribution in [2.75, 3.05) is 31.7 Å². The number of para-hydroxylation sites is 1. The molecule has 0 bridgehead atoms.